The number of benzene rings is 1. The van der Waals surface area contributed by atoms with Gasteiger partial charge in [-0.1, -0.05) is 17.7 Å². The third kappa shape index (κ3) is 2.55. The van der Waals surface area contributed by atoms with Crippen LogP contribution < -0.4 is 0 Å². The number of halogens is 2. The van der Waals surface area contributed by atoms with Gasteiger partial charge in [-0.25, -0.2) is 9.97 Å². The Morgan fingerprint density at radius 3 is 2.74 bits per heavy atom. The molecule has 2 heterocycles. The lowest BCUT2D eigenvalue weighted by atomic mass is 10.1. The van der Waals surface area contributed by atoms with Crippen LogP contribution in [0.3, 0.4) is 0 Å². The Morgan fingerprint density at radius 2 is 1.95 bits per heavy atom. The van der Waals surface area contributed by atoms with E-state index >= 15 is 0 Å². The van der Waals surface area contributed by atoms with E-state index in [4.69, 9.17) is 11.6 Å². The van der Waals surface area contributed by atoms with Crippen molar-refractivity contribution in [3.8, 4) is 11.4 Å². The minimum absolute atomic E-state index is 0.479. The van der Waals surface area contributed by atoms with Crippen LogP contribution in [0, 0.1) is 10.5 Å². The van der Waals surface area contributed by atoms with Crippen molar-refractivity contribution < 1.29 is 0 Å². The minimum Gasteiger partial charge on any atom is -0.253 e. The Hall–Kier alpha value is -1.27. The molecule has 0 aliphatic rings. The number of fused-ring (bicyclic) bond motifs is 1. The predicted molar refractivity (Wildman–Crippen MR) is 85.2 cm³/mol. The number of pyridine rings is 1. The molecule has 19 heavy (non-hydrogen) atoms. The first-order valence-electron chi connectivity index (χ1n) is 5.69. The van der Waals surface area contributed by atoms with Crippen molar-refractivity contribution in [2.24, 2.45) is 0 Å². The van der Waals surface area contributed by atoms with Crippen molar-refractivity contribution in [2.45, 2.75) is 6.92 Å². The molecule has 2 aromatic heterocycles. The Bertz CT molecular complexity index is 774. The predicted octanol–water partition coefficient (Wildman–Crippen LogP) is 4.26. The largest absolute Gasteiger partial charge is 0.253 e. The fourth-order valence-electron chi connectivity index (χ4n) is 1.85. The molecule has 0 saturated heterocycles. The van der Waals surface area contributed by atoms with Gasteiger partial charge >= 0.3 is 0 Å². The molecule has 94 valence electrons. The van der Waals surface area contributed by atoms with Gasteiger partial charge in [0.15, 0.2) is 5.82 Å². The van der Waals surface area contributed by atoms with Crippen molar-refractivity contribution in [2.75, 3.05) is 0 Å². The zero-order chi connectivity index (χ0) is 13.4. The molecule has 0 N–H and O–H groups in total. The molecule has 0 radical (unpaired) electrons. The Morgan fingerprint density at radius 1 is 1.11 bits per heavy atom. The van der Waals surface area contributed by atoms with E-state index in [0.29, 0.717) is 11.0 Å². The molecule has 1 aromatic carbocycles. The maximum atomic E-state index is 6.03. The first kappa shape index (κ1) is 12.7. The van der Waals surface area contributed by atoms with E-state index in [1.165, 1.54) is 0 Å². The smallest absolute Gasteiger partial charge is 0.160 e. The maximum absolute atomic E-state index is 6.03. The van der Waals surface area contributed by atoms with Crippen molar-refractivity contribution in [3.63, 3.8) is 0 Å². The summed E-state index contributed by atoms with van der Waals surface area (Å²) < 4.78 is 0.848. The van der Waals surface area contributed by atoms with Crippen LogP contribution in [0.15, 0.2) is 36.5 Å². The van der Waals surface area contributed by atoms with E-state index in [0.717, 1.165) is 25.7 Å². The highest BCUT2D eigenvalue weighted by atomic mass is 127. The second-order valence-electron chi connectivity index (χ2n) is 4.19. The van der Waals surface area contributed by atoms with Gasteiger partial charge in [0.2, 0.25) is 0 Å². The van der Waals surface area contributed by atoms with E-state index in [2.05, 4.69) is 43.6 Å². The minimum atomic E-state index is 0.479. The second kappa shape index (κ2) is 5.02. The zero-order valence-corrected chi connectivity index (χ0v) is 13.0. The fraction of sp³-hybridized carbons (Fsp3) is 0.0714. The summed E-state index contributed by atoms with van der Waals surface area (Å²) in [6.45, 7) is 1.98. The molecule has 0 spiro atoms. The molecule has 0 aliphatic carbocycles. The van der Waals surface area contributed by atoms with Crippen LogP contribution in [0.5, 0.6) is 0 Å². The lowest BCUT2D eigenvalue weighted by Crippen LogP contribution is -1.92. The lowest BCUT2D eigenvalue weighted by Gasteiger charge is -2.04. The number of aromatic nitrogens is 3. The van der Waals surface area contributed by atoms with Crippen molar-refractivity contribution in [1.29, 1.82) is 0 Å². The first-order chi connectivity index (χ1) is 9.13. The zero-order valence-electron chi connectivity index (χ0n) is 10.1. The van der Waals surface area contributed by atoms with Gasteiger partial charge in [0, 0.05) is 22.8 Å². The summed E-state index contributed by atoms with van der Waals surface area (Å²) in [6.07, 6.45) is 1.73. The Balaban J connectivity index is 2.14. The van der Waals surface area contributed by atoms with Gasteiger partial charge in [0.1, 0.15) is 5.15 Å². The van der Waals surface area contributed by atoms with Crippen molar-refractivity contribution in [3.05, 3.63) is 50.9 Å². The lowest BCUT2D eigenvalue weighted by molar-refractivity contribution is 1.16. The molecule has 3 nitrogen and oxygen atoms in total. The molecule has 0 fully saturated rings. The van der Waals surface area contributed by atoms with E-state index in [1.807, 2.05) is 31.2 Å². The summed E-state index contributed by atoms with van der Waals surface area (Å²) in [5.41, 5.74) is 2.92. The van der Waals surface area contributed by atoms with Crippen LogP contribution in [0.4, 0.5) is 0 Å². The van der Waals surface area contributed by atoms with Gasteiger partial charge in [-0.05, 0) is 53.8 Å². The molecule has 5 heteroatoms. The summed E-state index contributed by atoms with van der Waals surface area (Å²) >= 11 is 8.14. The fourth-order valence-corrected chi connectivity index (χ4v) is 2.24. The molecule has 0 unspecified atom stereocenters. The van der Waals surface area contributed by atoms with E-state index in [9.17, 15) is 0 Å². The van der Waals surface area contributed by atoms with Crippen LogP contribution in [-0.4, -0.2) is 15.0 Å². The average Bonchev–Trinajstić information content (AvgIpc) is 2.41. The summed E-state index contributed by atoms with van der Waals surface area (Å²) in [5, 5.41) is 1.55. The summed E-state index contributed by atoms with van der Waals surface area (Å²) in [6, 6.07) is 10.0. The second-order valence-corrected chi connectivity index (χ2v) is 5.71. The highest BCUT2D eigenvalue weighted by molar-refractivity contribution is 14.1. The van der Waals surface area contributed by atoms with Gasteiger partial charge in [0.25, 0.3) is 0 Å². The van der Waals surface area contributed by atoms with Gasteiger partial charge < -0.3 is 0 Å². The highest BCUT2D eigenvalue weighted by Crippen LogP contribution is 2.23. The van der Waals surface area contributed by atoms with E-state index in [1.54, 1.807) is 6.20 Å². The molecule has 0 aliphatic heterocycles. The Labute approximate surface area is 129 Å². The van der Waals surface area contributed by atoms with Crippen LogP contribution >= 0.6 is 34.2 Å². The number of aryl methyl sites for hydroxylation is 1. The van der Waals surface area contributed by atoms with Crippen LogP contribution in [-0.2, 0) is 0 Å². The van der Waals surface area contributed by atoms with E-state index in [-0.39, 0.29) is 0 Å². The standard InChI is InChI=1S/C14H9ClIN3/c1-8-2-3-9-6-10(4-5-12(9)18-8)14-17-7-11(16)13(15)19-14/h2-7H,1H3. The van der Waals surface area contributed by atoms with E-state index < -0.39 is 0 Å². The third-order valence-corrected chi connectivity index (χ3v) is 4.18. The molecule has 0 amide bonds. The van der Waals surface area contributed by atoms with Crippen molar-refractivity contribution >= 4 is 45.1 Å². The third-order valence-electron chi connectivity index (χ3n) is 2.79. The topological polar surface area (TPSA) is 38.7 Å². The van der Waals surface area contributed by atoms with Gasteiger partial charge in [-0.3, -0.25) is 4.98 Å². The average molecular weight is 382 g/mol. The van der Waals surface area contributed by atoms with Gasteiger partial charge in [-0.2, -0.15) is 0 Å². The highest BCUT2D eigenvalue weighted by Gasteiger charge is 2.06. The molecule has 0 atom stereocenters. The van der Waals surface area contributed by atoms with Crippen molar-refractivity contribution in [1.82, 2.24) is 15.0 Å². The Kier molecular flexibility index (Phi) is 3.36. The van der Waals surface area contributed by atoms with Gasteiger partial charge in [0.05, 0.1) is 9.09 Å². The number of nitrogens with zero attached hydrogens (tertiary/aromatic N) is 3. The number of hydrogen-bond acceptors (Lipinski definition) is 3. The van der Waals surface area contributed by atoms with Crippen LogP contribution in [0.1, 0.15) is 5.69 Å². The number of rotatable bonds is 1. The molecule has 3 aromatic rings. The molecular formula is C14H9ClIN3. The quantitative estimate of drug-likeness (QED) is 0.467. The monoisotopic (exact) mass is 381 g/mol. The molecule has 3 rings (SSSR count). The molecule has 0 saturated carbocycles. The SMILES string of the molecule is Cc1ccc2cc(-c3ncc(I)c(Cl)n3)ccc2n1. The first-order valence-corrected chi connectivity index (χ1v) is 7.15. The summed E-state index contributed by atoms with van der Waals surface area (Å²) in [7, 11) is 0. The summed E-state index contributed by atoms with van der Waals surface area (Å²) in [5.74, 6) is 0.632. The molecular weight excluding hydrogens is 373 g/mol. The summed E-state index contributed by atoms with van der Waals surface area (Å²) in [4.78, 5) is 13.1. The van der Waals surface area contributed by atoms with Crippen LogP contribution in [0.25, 0.3) is 22.3 Å². The van der Waals surface area contributed by atoms with Crippen LogP contribution in [0.2, 0.25) is 5.15 Å². The van der Waals surface area contributed by atoms with Gasteiger partial charge in [-0.15, -0.1) is 0 Å². The maximum Gasteiger partial charge on any atom is 0.160 e. The molecule has 0 bridgehead atoms. The number of hydrogen-bond donors (Lipinski definition) is 0. The normalized spacial score (nSPS) is 10.9.